The zero-order valence-corrected chi connectivity index (χ0v) is 15.0. The highest BCUT2D eigenvalue weighted by molar-refractivity contribution is 5.76. The molecule has 1 aliphatic heterocycles. The normalized spacial score (nSPS) is 16.2. The first-order valence-electron chi connectivity index (χ1n) is 9.19. The second-order valence-corrected chi connectivity index (χ2v) is 6.47. The molecule has 0 bridgehead atoms. The molecule has 1 fully saturated rings. The Morgan fingerprint density at radius 3 is 2.42 bits per heavy atom. The van der Waals surface area contributed by atoms with E-state index in [9.17, 15) is 4.79 Å². The number of nitrogens with two attached hydrogens (primary N) is 1. The lowest BCUT2D eigenvalue weighted by atomic mass is 10.2. The Kier molecular flexibility index (Phi) is 8.22. The first kappa shape index (κ1) is 18.9. The molecule has 0 aliphatic carbocycles. The smallest absolute Gasteiger partial charge is 0.224 e. The van der Waals surface area contributed by atoms with Crippen LogP contribution >= 0.6 is 0 Å². The number of benzene rings is 1. The van der Waals surface area contributed by atoms with E-state index in [2.05, 4.69) is 28.9 Å². The van der Waals surface area contributed by atoms with Crippen molar-refractivity contribution in [2.24, 2.45) is 5.73 Å². The number of likely N-dealkylation sites (N-methyl/N-ethyl adjacent to an activating group) is 1. The number of piperazine rings is 1. The van der Waals surface area contributed by atoms with Gasteiger partial charge >= 0.3 is 0 Å². The summed E-state index contributed by atoms with van der Waals surface area (Å²) in [6.07, 6.45) is 1.46. The lowest BCUT2D eigenvalue weighted by molar-refractivity contribution is -0.132. The van der Waals surface area contributed by atoms with Crippen molar-refractivity contribution < 1.29 is 4.79 Å². The van der Waals surface area contributed by atoms with Crippen molar-refractivity contribution in [1.82, 2.24) is 14.7 Å². The maximum absolute atomic E-state index is 12.7. The summed E-state index contributed by atoms with van der Waals surface area (Å²) in [5.74, 6) is 0.241. The first-order chi connectivity index (χ1) is 11.7. The van der Waals surface area contributed by atoms with Crippen molar-refractivity contribution in [2.45, 2.75) is 26.3 Å². The van der Waals surface area contributed by atoms with Crippen LogP contribution in [0.15, 0.2) is 30.3 Å². The van der Waals surface area contributed by atoms with Crippen molar-refractivity contribution in [3.8, 4) is 0 Å². The van der Waals surface area contributed by atoms with Gasteiger partial charge in [0.15, 0.2) is 0 Å². The molecular weight excluding hydrogens is 300 g/mol. The minimum absolute atomic E-state index is 0.241. The van der Waals surface area contributed by atoms with Gasteiger partial charge in [0.1, 0.15) is 0 Å². The molecule has 134 valence electrons. The monoisotopic (exact) mass is 332 g/mol. The maximum Gasteiger partial charge on any atom is 0.224 e. The fourth-order valence-electron chi connectivity index (χ4n) is 3.12. The van der Waals surface area contributed by atoms with Crippen LogP contribution < -0.4 is 5.73 Å². The first-order valence-corrected chi connectivity index (χ1v) is 9.19. The average Bonchev–Trinajstić information content (AvgIpc) is 2.64. The van der Waals surface area contributed by atoms with Gasteiger partial charge in [-0.15, -0.1) is 0 Å². The van der Waals surface area contributed by atoms with Gasteiger partial charge in [-0.25, -0.2) is 0 Å². The third-order valence-electron chi connectivity index (χ3n) is 4.76. The van der Waals surface area contributed by atoms with Crippen LogP contribution in [0.1, 0.15) is 25.3 Å². The van der Waals surface area contributed by atoms with Crippen molar-refractivity contribution in [2.75, 3.05) is 52.4 Å². The molecule has 1 amide bonds. The average molecular weight is 332 g/mol. The Bertz CT molecular complexity index is 472. The van der Waals surface area contributed by atoms with E-state index in [0.717, 1.165) is 52.2 Å². The summed E-state index contributed by atoms with van der Waals surface area (Å²) in [4.78, 5) is 19.5. The molecule has 2 N–H and O–H groups in total. The molecule has 2 rings (SSSR count). The van der Waals surface area contributed by atoms with Crippen molar-refractivity contribution in [3.05, 3.63) is 35.9 Å². The van der Waals surface area contributed by atoms with E-state index in [0.29, 0.717) is 19.5 Å². The standard InChI is InChI=1S/C19H32N4O/c1-2-21-13-15-22(16-14-21)12-9-19(24)23(11-6-10-20)17-18-7-4-3-5-8-18/h3-5,7-8H,2,6,9-17,20H2,1H3. The molecule has 1 aromatic carbocycles. The summed E-state index contributed by atoms with van der Waals surface area (Å²) < 4.78 is 0. The zero-order valence-electron chi connectivity index (χ0n) is 15.0. The lowest BCUT2D eigenvalue weighted by Crippen LogP contribution is -2.47. The van der Waals surface area contributed by atoms with Gasteiger partial charge in [-0.05, 0) is 25.1 Å². The molecular formula is C19H32N4O. The van der Waals surface area contributed by atoms with Gasteiger partial charge in [0.25, 0.3) is 0 Å². The van der Waals surface area contributed by atoms with Crippen molar-refractivity contribution in [1.29, 1.82) is 0 Å². The van der Waals surface area contributed by atoms with Crippen LogP contribution in [0.25, 0.3) is 0 Å². The van der Waals surface area contributed by atoms with Gasteiger partial charge in [0, 0.05) is 52.2 Å². The van der Waals surface area contributed by atoms with Gasteiger partial charge < -0.3 is 20.4 Å². The predicted octanol–water partition coefficient (Wildman–Crippen LogP) is 1.39. The Hall–Kier alpha value is -1.43. The summed E-state index contributed by atoms with van der Waals surface area (Å²) >= 11 is 0. The minimum Gasteiger partial charge on any atom is -0.338 e. The summed E-state index contributed by atoms with van der Waals surface area (Å²) in [7, 11) is 0. The molecule has 0 unspecified atom stereocenters. The molecule has 0 spiro atoms. The predicted molar refractivity (Wildman–Crippen MR) is 98.7 cm³/mol. The number of carbonyl (C=O) groups is 1. The summed E-state index contributed by atoms with van der Waals surface area (Å²) in [5.41, 5.74) is 6.82. The van der Waals surface area contributed by atoms with Crippen LogP contribution in [-0.2, 0) is 11.3 Å². The van der Waals surface area contributed by atoms with Gasteiger partial charge in [-0.3, -0.25) is 4.79 Å². The van der Waals surface area contributed by atoms with E-state index in [-0.39, 0.29) is 5.91 Å². The number of carbonyl (C=O) groups excluding carboxylic acids is 1. The van der Waals surface area contributed by atoms with Crippen LogP contribution in [0.2, 0.25) is 0 Å². The molecule has 1 saturated heterocycles. The Labute approximate surface area is 146 Å². The number of hydrogen-bond donors (Lipinski definition) is 1. The third-order valence-corrected chi connectivity index (χ3v) is 4.76. The van der Waals surface area contributed by atoms with Gasteiger partial charge in [0.05, 0.1) is 0 Å². The quantitative estimate of drug-likeness (QED) is 0.742. The molecule has 1 aliphatic rings. The van der Waals surface area contributed by atoms with Crippen molar-refractivity contribution in [3.63, 3.8) is 0 Å². The fourth-order valence-corrected chi connectivity index (χ4v) is 3.12. The molecule has 0 radical (unpaired) electrons. The SMILES string of the molecule is CCN1CCN(CCC(=O)N(CCCN)Cc2ccccc2)CC1. The third kappa shape index (κ3) is 6.23. The highest BCUT2D eigenvalue weighted by atomic mass is 16.2. The van der Waals surface area contributed by atoms with Crippen LogP contribution in [0.4, 0.5) is 0 Å². The lowest BCUT2D eigenvalue weighted by Gasteiger charge is -2.34. The number of hydrogen-bond acceptors (Lipinski definition) is 4. The van der Waals surface area contributed by atoms with Crippen molar-refractivity contribution >= 4 is 5.91 Å². The Balaban J connectivity index is 1.81. The summed E-state index contributed by atoms with van der Waals surface area (Å²) in [6, 6.07) is 10.2. The largest absolute Gasteiger partial charge is 0.338 e. The van der Waals surface area contributed by atoms with Crippen LogP contribution in [0, 0.1) is 0 Å². The molecule has 5 heteroatoms. The van der Waals surface area contributed by atoms with Crippen LogP contribution in [0.3, 0.4) is 0 Å². The topological polar surface area (TPSA) is 52.8 Å². The van der Waals surface area contributed by atoms with E-state index in [4.69, 9.17) is 5.73 Å². The fraction of sp³-hybridized carbons (Fsp3) is 0.632. The van der Waals surface area contributed by atoms with E-state index in [1.807, 2.05) is 23.1 Å². The highest BCUT2D eigenvalue weighted by Crippen LogP contribution is 2.08. The molecule has 0 aromatic heterocycles. The zero-order chi connectivity index (χ0) is 17.2. The molecule has 0 atom stereocenters. The van der Waals surface area contributed by atoms with Gasteiger partial charge in [-0.2, -0.15) is 0 Å². The Morgan fingerprint density at radius 1 is 1.12 bits per heavy atom. The van der Waals surface area contributed by atoms with Gasteiger partial charge in [0.2, 0.25) is 5.91 Å². The maximum atomic E-state index is 12.7. The number of nitrogens with zero attached hydrogens (tertiary/aromatic N) is 3. The number of rotatable bonds is 9. The second-order valence-electron chi connectivity index (χ2n) is 6.47. The molecule has 0 saturated carbocycles. The van der Waals surface area contributed by atoms with E-state index in [1.165, 1.54) is 5.56 Å². The second kappa shape index (κ2) is 10.4. The van der Waals surface area contributed by atoms with Crippen LogP contribution in [-0.4, -0.2) is 73.0 Å². The summed E-state index contributed by atoms with van der Waals surface area (Å²) in [5, 5.41) is 0. The molecule has 24 heavy (non-hydrogen) atoms. The number of amides is 1. The minimum atomic E-state index is 0.241. The molecule has 1 aromatic rings. The van der Waals surface area contributed by atoms with Gasteiger partial charge in [-0.1, -0.05) is 37.3 Å². The molecule has 1 heterocycles. The van der Waals surface area contributed by atoms with Crippen LogP contribution in [0.5, 0.6) is 0 Å². The van der Waals surface area contributed by atoms with E-state index >= 15 is 0 Å². The highest BCUT2D eigenvalue weighted by Gasteiger charge is 2.18. The van der Waals surface area contributed by atoms with E-state index in [1.54, 1.807) is 0 Å². The molecule has 5 nitrogen and oxygen atoms in total. The Morgan fingerprint density at radius 2 is 1.79 bits per heavy atom. The van der Waals surface area contributed by atoms with E-state index < -0.39 is 0 Å². The summed E-state index contributed by atoms with van der Waals surface area (Å²) in [6.45, 7) is 10.6.